The molecule has 0 saturated carbocycles. The average Bonchev–Trinajstić information content (AvgIpc) is 2.94. The van der Waals surface area contributed by atoms with Crippen LogP contribution in [0.3, 0.4) is 0 Å². The van der Waals surface area contributed by atoms with Gasteiger partial charge in [-0.25, -0.2) is 4.68 Å². The van der Waals surface area contributed by atoms with Gasteiger partial charge in [-0.1, -0.05) is 32.0 Å². The van der Waals surface area contributed by atoms with E-state index in [-0.39, 0.29) is 0 Å². The van der Waals surface area contributed by atoms with Gasteiger partial charge in [-0.15, -0.1) is 0 Å². The fourth-order valence-corrected chi connectivity index (χ4v) is 2.19. The van der Waals surface area contributed by atoms with Crippen molar-refractivity contribution in [3.05, 3.63) is 48.3 Å². The minimum atomic E-state index is 0.394. The predicted octanol–water partition coefficient (Wildman–Crippen LogP) is 3.32. The Labute approximate surface area is 109 Å². The van der Waals surface area contributed by atoms with Crippen LogP contribution in [-0.4, -0.2) is 16.3 Å². The number of nitrogens with zero attached hydrogens (tertiary/aromatic N) is 2. The highest BCUT2D eigenvalue weighted by Gasteiger charge is 2.13. The second-order valence-electron chi connectivity index (χ2n) is 4.42. The lowest BCUT2D eigenvalue weighted by Gasteiger charge is -2.20. The van der Waals surface area contributed by atoms with Crippen molar-refractivity contribution < 1.29 is 0 Å². The summed E-state index contributed by atoms with van der Waals surface area (Å²) in [5.41, 5.74) is 2.48. The molecule has 1 aromatic carbocycles. The van der Waals surface area contributed by atoms with Gasteiger partial charge in [0.1, 0.15) is 0 Å². The predicted molar refractivity (Wildman–Crippen MR) is 74.9 cm³/mol. The van der Waals surface area contributed by atoms with Crippen LogP contribution in [0.25, 0.3) is 5.69 Å². The van der Waals surface area contributed by atoms with Gasteiger partial charge >= 0.3 is 0 Å². The molecule has 2 rings (SSSR count). The Morgan fingerprint density at radius 2 is 2.06 bits per heavy atom. The van der Waals surface area contributed by atoms with Gasteiger partial charge in [-0.2, -0.15) is 5.10 Å². The first-order valence-electron chi connectivity index (χ1n) is 6.69. The fourth-order valence-electron chi connectivity index (χ4n) is 2.19. The van der Waals surface area contributed by atoms with E-state index < -0.39 is 0 Å². The number of para-hydroxylation sites is 1. The molecule has 2 aromatic rings. The highest BCUT2D eigenvalue weighted by atomic mass is 15.3. The Morgan fingerprint density at radius 3 is 2.72 bits per heavy atom. The minimum absolute atomic E-state index is 0.394. The summed E-state index contributed by atoms with van der Waals surface area (Å²) in [6, 6.07) is 10.8. The maximum atomic E-state index is 4.33. The van der Waals surface area contributed by atoms with Crippen molar-refractivity contribution in [3.8, 4) is 5.69 Å². The van der Waals surface area contributed by atoms with Crippen LogP contribution in [0.2, 0.25) is 0 Å². The molecule has 1 N–H and O–H groups in total. The van der Waals surface area contributed by atoms with Crippen molar-refractivity contribution in [2.24, 2.45) is 0 Å². The van der Waals surface area contributed by atoms with Crippen LogP contribution in [0, 0.1) is 0 Å². The zero-order valence-electron chi connectivity index (χ0n) is 11.1. The van der Waals surface area contributed by atoms with E-state index in [1.807, 2.05) is 23.1 Å². The zero-order valence-corrected chi connectivity index (χ0v) is 11.1. The molecular weight excluding hydrogens is 222 g/mol. The molecule has 0 spiro atoms. The Hall–Kier alpha value is -1.61. The number of hydrogen-bond acceptors (Lipinski definition) is 2. The normalized spacial score (nSPS) is 12.6. The highest BCUT2D eigenvalue weighted by molar-refractivity contribution is 5.42. The Bertz CT molecular complexity index is 462. The van der Waals surface area contributed by atoms with Crippen LogP contribution in [0.1, 0.15) is 38.3 Å². The molecule has 0 aliphatic rings. The second-order valence-corrected chi connectivity index (χ2v) is 4.42. The van der Waals surface area contributed by atoms with Crippen molar-refractivity contribution in [1.82, 2.24) is 15.1 Å². The first kappa shape index (κ1) is 12.8. The minimum Gasteiger partial charge on any atom is -0.310 e. The average molecular weight is 243 g/mol. The first-order valence-corrected chi connectivity index (χ1v) is 6.69. The molecule has 0 bridgehead atoms. The standard InChI is InChI=1S/C15H21N3/c1-3-10-16-14(4-2)13-8-5-6-9-15(13)18-12-7-11-17-18/h5-9,11-12,14,16H,3-4,10H2,1-2H3. The summed E-state index contributed by atoms with van der Waals surface area (Å²) < 4.78 is 1.94. The number of rotatable bonds is 6. The van der Waals surface area contributed by atoms with Crippen LogP contribution < -0.4 is 5.32 Å². The Morgan fingerprint density at radius 1 is 1.22 bits per heavy atom. The zero-order chi connectivity index (χ0) is 12.8. The van der Waals surface area contributed by atoms with Crippen molar-refractivity contribution in [3.63, 3.8) is 0 Å². The molecule has 1 heterocycles. The molecule has 0 aliphatic carbocycles. The number of aromatic nitrogens is 2. The summed E-state index contributed by atoms with van der Waals surface area (Å²) in [4.78, 5) is 0. The largest absolute Gasteiger partial charge is 0.310 e. The van der Waals surface area contributed by atoms with Crippen molar-refractivity contribution in [2.75, 3.05) is 6.54 Å². The third kappa shape index (κ3) is 2.79. The van der Waals surface area contributed by atoms with E-state index in [0.29, 0.717) is 6.04 Å². The van der Waals surface area contributed by atoms with Crippen LogP contribution in [0.5, 0.6) is 0 Å². The Kier molecular flexibility index (Phi) is 4.53. The molecule has 3 nitrogen and oxygen atoms in total. The Balaban J connectivity index is 2.31. The SMILES string of the molecule is CCCNC(CC)c1ccccc1-n1cccn1. The third-order valence-electron chi connectivity index (χ3n) is 3.11. The molecule has 0 radical (unpaired) electrons. The number of benzene rings is 1. The quantitative estimate of drug-likeness (QED) is 0.843. The van der Waals surface area contributed by atoms with Gasteiger partial charge < -0.3 is 5.32 Å². The van der Waals surface area contributed by atoms with E-state index in [0.717, 1.165) is 25.1 Å². The smallest absolute Gasteiger partial charge is 0.0693 e. The van der Waals surface area contributed by atoms with Crippen LogP contribution in [0.4, 0.5) is 0 Å². The van der Waals surface area contributed by atoms with Gasteiger partial charge in [0, 0.05) is 18.4 Å². The molecule has 96 valence electrons. The summed E-state index contributed by atoms with van der Waals surface area (Å²) in [5.74, 6) is 0. The highest BCUT2D eigenvalue weighted by Crippen LogP contribution is 2.23. The van der Waals surface area contributed by atoms with E-state index in [9.17, 15) is 0 Å². The molecule has 0 saturated heterocycles. The van der Waals surface area contributed by atoms with Gasteiger partial charge in [0.25, 0.3) is 0 Å². The molecule has 1 aromatic heterocycles. The number of nitrogens with one attached hydrogen (secondary N) is 1. The molecule has 1 unspecified atom stereocenters. The second kappa shape index (κ2) is 6.36. The molecule has 0 amide bonds. The molecular formula is C15H21N3. The van der Waals surface area contributed by atoms with E-state index in [1.54, 1.807) is 0 Å². The van der Waals surface area contributed by atoms with Crippen LogP contribution in [-0.2, 0) is 0 Å². The lowest BCUT2D eigenvalue weighted by molar-refractivity contribution is 0.515. The summed E-state index contributed by atoms with van der Waals surface area (Å²) >= 11 is 0. The van der Waals surface area contributed by atoms with E-state index >= 15 is 0 Å². The van der Waals surface area contributed by atoms with Crippen LogP contribution in [0.15, 0.2) is 42.7 Å². The molecule has 18 heavy (non-hydrogen) atoms. The lowest BCUT2D eigenvalue weighted by Crippen LogP contribution is -2.22. The lowest BCUT2D eigenvalue weighted by atomic mass is 10.0. The summed E-state index contributed by atoms with van der Waals surface area (Å²) in [5, 5.41) is 7.93. The van der Waals surface area contributed by atoms with Gasteiger partial charge in [0.2, 0.25) is 0 Å². The summed E-state index contributed by atoms with van der Waals surface area (Å²) in [6.45, 7) is 5.46. The maximum absolute atomic E-state index is 4.33. The van der Waals surface area contributed by atoms with Crippen molar-refractivity contribution in [1.29, 1.82) is 0 Å². The monoisotopic (exact) mass is 243 g/mol. The van der Waals surface area contributed by atoms with E-state index in [2.05, 4.69) is 48.5 Å². The molecule has 0 aliphatic heterocycles. The van der Waals surface area contributed by atoms with Gasteiger partial charge in [-0.3, -0.25) is 0 Å². The van der Waals surface area contributed by atoms with Gasteiger partial charge in [-0.05, 0) is 37.1 Å². The third-order valence-corrected chi connectivity index (χ3v) is 3.11. The molecule has 0 fully saturated rings. The van der Waals surface area contributed by atoms with E-state index in [1.165, 1.54) is 5.56 Å². The van der Waals surface area contributed by atoms with Gasteiger partial charge in [0.15, 0.2) is 0 Å². The van der Waals surface area contributed by atoms with Crippen LogP contribution >= 0.6 is 0 Å². The maximum Gasteiger partial charge on any atom is 0.0693 e. The molecule has 3 heteroatoms. The van der Waals surface area contributed by atoms with Crippen molar-refractivity contribution in [2.45, 2.75) is 32.7 Å². The topological polar surface area (TPSA) is 29.9 Å². The van der Waals surface area contributed by atoms with Gasteiger partial charge in [0.05, 0.1) is 5.69 Å². The first-order chi connectivity index (χ1) is 8.86. The van der Waals surface area contributed by atoms with Crippen molar-refractivity contribution >= 4 is 0 Å². The number of hydrogen-bond donors (Lipinski definition) is 1. The summed E-state index contributed by atoms with van der Waals surface area (Å²) in [6.07, 6.45) is 6.04. The van der Waals surface area contributed by atoms with E-state index in [4.69, 9.17) is 0 Å². The summed E-state index contributed by atoms with van der Waals surface area (Å²) in [7, 11) is 0. The fraction of sp³-hybridized carbons (Fsp3) is 0.400. The molecule has 1 atom stereocenters.